The van der Waals surface area contributed by atoms with E-state index in [1.54, 1.807) is 0 Å². The molecule has 7 N–H and O–H groups in total. The summed E-state index contributed by atoms with van der Waals surface area (Å²) < 4.78 is 38.4. The van der Waals surface area contributed by atoms with Gasteiger partial charge >= 0.3 is 92.1 Å². The molecule has 0 fully saturated rings. The molecule has 0 aromatic carbocycles. The van der Waals surface area contributed by atoms with E-state index in [1.807, 2.05) is 0 Å². The molecule has 66 valence electrons. The minimum absolute atomic E-state index is 0. The zero-order valence-corrected chi connectivity index (χ0v) is 6.94. The molecule has 0 saturated heterocycles. The van der Waals surface area contributed by atoms with Crippen LogP contribution in [0.4, 0.5) is 0 Å². The molecule has 0 aliphatic carbocycles. The summed E-state index contributed by atoms with van der Waals surface area (Å²) in [4.78, 5) is 21.6. The number of rotatable bonds is 0. The summed E-state index contributed by atoms with van der Waals surface area (Å²) in [7, 11) is -4.64. The van der Waals surface area contributed by atoms with Gasteiger partial charge in [0.25, 0.3) is 0 Å². The van der Waals surface area contributed by atoms with Crippen molar-refractivity contribution >= 4 is 59.2 Å². The van der Waals surface area contributed by atoms with Crippen LogP contribution in [-0.4, -0.2) is 80.8 Å². The Labute approximate surface area is 109 Å². The van der Waals surface area contributed by atoms with Crippen LogP contribution in [0.1, 0.15) is 0 Å². The fourth-order valence-electron chi connectivity index (χ4n) is 0. The van der Waals surface area contributed by atoms with Crippen LogP contribution in [0.2, 0.25) is 0 Å². The average molecular weight is 254 g/mol. The van der Waals surface area contributed by atoms with Crippen LogP contribution in [0.3, 0.4) is 0 Å². The van der Waals surface area contributed by atoms with Gasteiger partial charge in [-0.2, -0.15) is 0 Å². The predicted octanol–water partition coefficient (Wildman–Crippen LogP) is -3.81. The van der Waals surface area contributed by atoms with Gasteiger partial charge < -0.3 is 14.7 Å². The van der Waals surface area contributed by atoms with E-state index in [9.17, 15) is 0 Å². The van der Waals surface area contributed by atoms with Gasteiger partial charge in [-0.15, -0.1) is 0 Å². The van der Waals surface area contributed by atoms with Crippen molar-refractivity contribution in [3.8, 4) is 0 Å². The Hall–Kier alpha value is 2.30. The molecule has 0 unspecified atom stereocenters. The van der Waals surface area contributed by atoms with E-state index >= 15 is 0 Å². The van der Waals surface area contributed by atoms with Crippen molar-refractivity contribution in [2.45, 2.75) is 0 Å². The average Bonchev–Trinajstić information content (AvgIpc) is 1.12. The van der Waals surface area contributed by atoms with E-state index in [0.717, 1.165) is 0 Å². The molecule has 0 aliphatic heterocycles. The first-order chi connectivity index (χ1) is 4.00. The Morgan fingerprint density at radius 3 is 0.909 bits per heavy atom. The fourth-order valence-corrected chi connectivity index (χ4v) is 0. The molecule has 11 heteroatoms. The summed E-state index contributed by atoms with van der Waals surface area (Å²) >= 11 is -5.00. The molecule has 0 radical (unpaired) electrons. The Morgan fingerprint density at radius 2 is 0.909 bits per heavy atom. The van der Waals surface area contributed by atoms with Crippen LogP contribution in [-0.2, 0) is 22.7 Å². The van der Waals surface area contributed by atoms with Crippen LogP contribution >= 0.6 is 7.82 Å². The molecule has 0 aromatic heterocycles. The first-order valence-electron chi connectivity index (χ1n) is 1.68. The summed E-state index contributed by atoms with van der Waals surface area (Å²) in [6, 6.07) is 0. The van der Waals surface area contributed by atoms with Gasteiger partial charge in [-0.3, -0.25) is 0 Å². The summed E-state index contributed by atoms with van der Waals surface area (Å²) in [5, 5.41) is 0. The topological polar surface area (TPSA) is 159 Å². The first kappa shape index (κ1) is 19.0. The van der Waals surface area contributed by atoms with Gasteiger partial charge in [0, 0.05) is 0 Å². The van der Waals surface area contributed by atoms with Gasteiger partial charge in [-0.25, -0.2) is 4.57 Å². The Kier molecular flexibility index (Phi) is 13.2. The van der Waals surface area contributed by atoms with E-state index in [-0.39, 0.29) is 51.4 Å². The third-order valence-electron chi connectivity index (χ3n) is 0. The Morgan fingerprint density at radius 1 is 0.909 bits per heavy atom. The van der Waals surface area contributed by atoms with E-state index in [1.165, 1.54) is 0 Å². The molecule has 0 aliphatic rings. The summed E-state index contributed by atoms with van der Waals surface area (Å²) in [5.41, 5.74) is 0. The van der Waals surface area contributed by atoms with Gasteiger partial charge in [0.15, 0.2) is 0 Å². The second kappa shape index (κ2) is 7.68. The predicted molar refractivity (Wildman–Crippen MR) is 30.3 cm³/mol. The summed E-state index contributed by atoms with van der Waals surface area (Å²) in [6.07, 6.45) is 0. The van der Waals surface area contributed by atoms with E-state index in [4.69, 9.17) is 34.0 Å². The zero-order valence-electron chi connectivity index (χ0n) is 4.49. The maximum absolute atomic E-state index is 8.88. The van der Waals surface area contributed by atoms with Crippen molar-refractivity contribution in [1.29, 1.82) is 0 Å². The second-order valence-electron chi connectivity index (χ2n) is 1.11. The van der Waals surface area contributed by atoms with Gasteiger partial charge in [0.05, 0.1) is 0 Å². The second-order valence-corrected chi connectivity index (χ2v) is 4.01. The number of hydrogen-bond donors (Lipinski definition) is 7. The van der Waals surface area contributed by atoms with Crippen LogP contribution in [0.15, 0.2) is 0 Å². The van der Waals surface area contributed by atoms with Gasteiger partial charge in [-0.1, -0.05) is 0 Å². The van der Waals surface area contributed by atoms with Crippen LogP contribution in [0.5, 0.6) is 0 Å². The molecule has 0 rings (SSSR count). The normalized spacial score (nSPS) is 10.8. The van der Waals surface area contributed by atoms with Gasteiger partial charge in [0.2, 0.25) is 0 Å². The van der Waals surface area contributed by atoms with Crippen LogP contribution in [0, 0.1) is 0 Å². The third-order valence-corrected chi connectivity index (χ3v) is 0. The van der Waals surface area contributed by atoms with Gasteiger partial charge in [0.1, 0.15) is 0 Å². The molecule has 0 atom stereocenters. The first-order valence-corrected chi connectivity index (χ1v) is 6.04. The molecular formula is H8KO8PTi. The summed E-state index contributed by atoms with van der Waals surface area (Å²) in [5.74, 6) is 0. The quantitative estimate of drug-likeness (QED) is 0.171. The number of hydrogen-bond acceptors (Lipinski definition) is 5. The SMILES string of the molecule is O=P(O)(O)O.[KH].[OH][Ti]([OH])([OH])[OH]. The standard InChI is InChI=1S/K.H3O4P.4H2O.Ti.H/c;1-5(2,3)4;;;;;;/h;(H3,1,2,3,4);4*1H2;;/q;;;;;;+4;/p-4. The van der Waals surface area contributed by atoms with Crippen molar-refractivity contribution in [3.05, 3.63) is 0 Å². The van der Waals surface area contributed by atoms with Crippen molar-refractivity contribution in [2.75, 3.05) is 0 Å². The molecule has 0 bridgehead atoms. The minimum atomic E-state index is -5.00. The summed E-state index contributed by atoms with van der Waals surface area (Å²) in [6.45, 7) is 0. The third kappa shape index (κ3) is 247. The molecular weight excluding hydrogens is 246 g/mol. The monoisotopic (exact) mass is 254 g/mol. The van der Waals surface area contributed by atoms with Crippen molar-refractivity contribution in [1.82, 2.24) is 0 Å². The molecule has 11 heavy (non-hydrogen) atoms. The zero-order chi connectivity index (χ0) is 9.00. The molecule has 8 nitrogen and oxygen atoms in total. The van der Waals surface area contributed by atoms with E-state index in [0.29, 0.717) is 0 Å². The molecule has 0 amide bonds. The van der Waals surface area contributed by atoms with Crippen molar-refractivity contribution in [3.63, 3.8) is 0 Å². The molecule has 0 saturated carbocycles. The van der Waals surface area contributed by atoms with E-state index < -0.39 is 26.0 Å². The molecule has 0 spiro atoms. The molecule has 0 heterocycles. The van der Waals surface area contributed by atoms with Crippen molar-refractivity contribution < 1.29 is 52.1 Å². The number of phosphoric acid groups is 1. The Bertz CT molecular complexity index is 106. The van der Waals surface area contributed by atoms with Gasteiger partial charge in [-0.05, 0) is 0 Å². The Balaban J connectivity index is -0.000000107. The van der Waals surface area contributed by atoms with Crippen molar-refractivity contribution in [2.24, 2.45) is 0 Å². The molecule has 0 aromatic rings. The maximum atomic E-state index is 8.88. The fraction of sp³-hybridized carbons (Fsp3) is 0. The van der Waals surface area contributed by atoms with Crippen LogP contribution < -0.4 is 0 Å². The van der Waals surface area contributed by atoms with Crippen LogP contribution in [0.25, 0.3) is 0 Å². The van der Waals surface area contributed by atoms with E-state index in [2.05, 4.69) is 0 Å².